The smallest absolute Gasteiger partial charge is 0.336 e. The van der Waals surface area contributed by atoms with Crippen LogP contribution in [0, 0.1) is 0 Å². The van der Waals surface area contributed by atoms with Gasteiger partial charge in [0.25, 0.3) is 0 Å². The molecule has 0 atom stereocenters. The summed E-state index contributed by atoms with van der Waals surface area (Å²) < 4.78 is 90.5. The number of hydrogen-bond donors (Lipinski definition) is 1. The van der Waals surface area contributed by atoms with Crippen LogP contribution in [-0.2, 0) is 28.6 Å². The van der Waals surface area contributed by atoms with E-state index in [0.717, 1.165) is 6.08 Å². The van der Waals surface area contributed by atoms with Gasteiger partial charge < -0.3 is 19.5 Å². The van der Waals surface area contributed by atoms with Crippen molar-refractivity contribution >= 4 is 24.0 Å². The predicted molar refractivity (Wildman–Crippen MR) is 126 cm³/mol. The van der Waals surface area contributed by atoms with Gasteiger partial charge in [0.1, 0.15) is 5.60 Å². The highest BCUT2D eigenvalue weighted by molar-refractivity contribution is 6.00. The van der Waals surface area contributed by atoms with Gasteiger partial charge in [0.15, 0.2) is 0 Å². The van der Waals surface area contributed by atoms with E-state index in [0.29, 0.717) is 0 Å². The Morgan fingerprint density at radius 1 is 1.03 bits per heavy atom. The molecule has 1 aromatic carbocycles. The lowest BCUT2D eigenvalue weighted by molar-refractivity contribution is -0.148. The molecule has 7 nitrogen and oxygen atoms in total. The van der Waals surface area contributed by atoms with Gasteiger partial charge in [-0.3, -0.25) is 0 Å². The van der Waals surface area contributed by atoms with Crippen molar-refractivity contribution in [3.63, 3.8) is 0 Å². The SMILES string of the molecule is [2H]C([2H])([2H])C([2H])([2H])OC(=O)C1=C(C)NC(C)=C(C(=O)OC([2H])([2H])C([2H])([2H])[2H])C1c1ccccc1C=CC(=O)OC(C)(C)C. The maximum Gasteiger partial charge on any atom is 0.336 e. The lowest BCUT2D eigenvalue weighted by atomic mass is 9.78. The number of benzene rings is 1. The summed E-state index contributed by atoms with van der Waals surface area (Å²) in [5.74, 6) is -5.19. The zero-order valence-corrected chi connectivity index (χ0v) is 19.0. The van der Waals surface area contributed by atoms with Gasteiger partial charge in [-0.15, -0.1) is 0 Å². The summed E-state index contributed by atoms with van der Waals surface area (Å²) in [4.78, 5) is 39.3. The molecule has 1 aliphatic heterocycles. The molecule has 1 N–H and O–H groups in total. The Balaban J connectivity index is 2.79. The van der Waals surface area contributed by atoms with Crippen molar-refractivity contribution in [3.8, 4) is 0 Å². The van der Waals surface area contributed by atoms with Crippen molar-refractivity contribution in [1.29, 1.82) is 0 Å². The number of esters is 3. The molecule has 0 bridgehead atoms. The van der Waals surface area contributed by atoms with E-state index in [2.05, 4.69) is 5.32 Å². The number of rotatable bonds is 7. The third kappa shape index (κ3) is 6.57. The van der Waals surface area contributed by atoms with Gasteiger partial charge in [0.2, 0.25) is 0 Å². The highest BCUT2D eigenvalue weighted by Gasteiger charge is 2.38. The van der Waals surface area contributed by atoms with Gasteiger partial charge in [-0.2, -0.15) is 0 Å². The quantitative estimate of drug-likeness (QED) is 0.362. The molecule has 7 heteroatoms. The highest BCUT2D eigenvalue weighted by Crippen LogP contribution is 2.40. The first-order valence-electron chi connectivity index (χ1n) is 14.9. The van der Waals surface area contributed by atoms with Crippen LogP contribution in [-0.4, -0.2) is 36.6 Å². The molecule has 1 aliphatic rings. The van der Waals surface area contributed by atoms with Crippen LogP contribution >= 0.6 is 0 Å². The van der Waals surface area contributed by atoms with Gasteiger partial charge in [-0.25, -0.2) is 14.4 Å². The molecular formula is C26H33NO6. The van der Waals surface area contributed by atoms with Gasteiger partial charge in [-0.05, 0) is 65.5 Å². The normalized spacial score (nSPS) is 21.0. The van der Waals surface area contributed by atoms with E-state index < -0.39 is 67.4 Å². The van der Waals surface area contributed by atoms with Gasteiger partial charge in [0, 0.05) is 25.7 Å². The maximum atomic E-state index is 13.5. The van der Waals surface area contributed by atoms with Gasteiger partial charge in [0.05, 0.1) is 35.7 Å². The Kier molecular flexibility index (Phi) is 4.90. The fourth-order valence-corrected chi connectivity index (χ4v) is 3.47. The molecule has 0 saturated carbocycles. The van der Waals surface area contributed by atoms with E-state index in [1.165, 1.54) is 38.1 Å². The molecule has 0 spiro atoms. The summed E-state index contributed by atoms with van der Waals surface area (Å²) in [7, 11) is 0. The summed E-state index contributed by atoms with van der Waals surface area (Å²) in [6, 6.07) is 6.05. The minimum absolute atomic E-state index is 0.0233. The van der Waals surface area contributed by atoms with Crippen molar-refractivity contribution in [3.05, 3.63) is 64.0 Å². The zero-order valence-electron chi connectivity index (χ0n) is 29.0. The third-order valence-electron chi connectivity index (χ3n) is 4.60. The van der Waals surface area contributed by atoms with Crippen LogP contribution in [0.2, 0.25) is 0 Å². The summed E-state index contributed by atoms with van der Waals surface area (Å²) >= 11 is 0. The van der Waals surface area contributed by atoms with E-state index in [4.69, 9.17) is 27.9 Å². The predicted octanol–water partition coefficient (Wildman–Crippen LogP) is 4.40. The summed E-state index contributed by atoms with van der Waals surface area (Å²) in [5, 5.41) is 2.72. The van der Waals surface area contributed by atoms with Crippen LogP contribution in [0.1, 0.15) is 79.1 Å². The van der Waals surface area contributed by atoms with Gasteiger partial charge in [-0.1, -0.05) is 24.3 Å². The average Bonchev–Trinajstić information content (AvgIpc) is 2.79. The number of dihydropyridines is 1. The molecule has 0 fully saturated rings. The van der Waals surface area contributed by atoms with E-state index in [1.807, 2.05) is 0 Å². The van der Waals surface area contributed by atoms with Crippen LogP contribution < -0.4 is 5.32 Å². The number of carbonyl (C=O) groups is 3. The summed E-state index contributed by atoms with van der Waals surface area (Å²) in [6.45, 7) is -5.93. The molecule has 1 heterocycles. The standard InChI is InChI=1S/C26H33NO6/c1-8-31-24(29)21-16(3)27-17(4)22(25(30)32-9-2)23(21)19-13-11-10-12-18(19)14-15-20(28)33-26(5,6)7/h10-15,23,27H,8-9H2,1-7H3/i1D3,2D3,8D2,9D2. The van der Waals surface area contributed by atoms with Crippen LogP contribution in [0.5, 0.6) is 0 Å². The lowest BCUT2D eigenvalue weighted by Crippen LogP contribution is -2.32. The first kappa shape index (κ1) is 14.7. The van der Waals surface area contributed by atoms with Crippen LogP contribution in [0.15, 0.2) is 52.9 Å². The maximum absolute atomic E-state index is 13.5. The van der Waals surface area contributed by atoms with Crippen molar-refractivity contribution in [2.45, 2.75) is 59.8 Å². The van der Waals surface area contributed by atoms with Crippen LogP contribution in [0.25, 0.3) is 6.08 Å². The van der Waals surface area contributed by atoms with E-state index in [1.54, 1.807) is 26.8 Å². The first-order chi connectivity index (χ1) is 19.3. The molecule has 0 unspecified atom stereocenters. The second kappa shape index (κ2) is 11.0. The Morgan fingerprint density at radius 2 is 1.58 bits per heavy atom. The lowest BCUT2D eigenvalue weighted by Gasteiger charge is -2.31. The van der Waals surface area contributed by atoms with E-state index in [9.17, 15) is 14.4 Å². The number of hydrogen-bond acceptors (Lipinski definition) is 7. The number of allylic oxidation sites excluding steroid dienone is 2. The van der Waals surface area contributed by atoms with Crippen molar-refractivity contribution in [2.24, 2.45) is 0 Å². The third-order valence-corrected chi connectivity index (χ3v) is 4.60. The Morgan fingerprint density at radius 3 is 2.09 bits per heavy atom. The van der Waals surface area contributed by atoms with E-state index in [-0.39, 0.29) is 22.5 Å². The molecule has 2 rings (SSSR count). The highest BCUT2D eigenvalue weighted by atomic mass is 16.6. The molecule has 33 heavy (non-hydrogen) atoms. The summed E-state index contributed by atoms with van der Waals surface area (Å²) in [6.07, 6.45) is 2.42. The second-order valence-electron chi connectivity index (χ2n) is 8.11. The Hall–Kier alpha value is -3.35. The monoisotopic (exact) mass is 465 g/mol. The molecule has 0 saturated heterocycles. The van der Waals surface area contributed by atoms with Crippen molar-refractivity contribution in [1.82, 2.24) is 5.32 Å². The molecule has 0 aliphatic carbocycles. The molecule has 1 aromatic rings. The number of nitrogens with one attached hydrogen (secondary N) is 1. The molecule has 0 radical (unpaired) electrons. The summed E-state index contributed by atoms with van der Waals surface area (Å²) in [5.41, 5.74) is -1.28. The fourth-order valence-electron chi connectivity index (χ4n) is 3.47. The largest absolute Gasteiger partial charge is 0.463 e. The van der Waals surface area contributed by atoms with Crippen LogP contribution in [0.3, 0.4) is 0 Å². The average molecular weight is 466 g/mol. The molecule has 0 amide bonds. The zero-order chi connectivity index (χ0) is 33.3. The van der Waals surface area contributed by atoms with Crippen LogP contribution in [0.4, 0.5) is 0 Å². The molecular weight excluding hydrogens is 422 g/mol. The van der Waals surface area contributed by atoms with Crippen molar-refractivity contribution < 1.29 is 42.3 Å². The Labute approximate surface area is 209 Å². The minimum atomic E-state index is -3.45. The number of carbonyl (C=O) groups excluding carboxylic acids is 3. The fraction of sp³-hybridized carbons (Fsp3) is 0.423. The Bertz CT molecular complexity index is 1310. The topological polar surface area (TPSA) is 90.9 Å². The molecule has 0 aromatic heterocycles. The second-order valence-corrected chi connectivity index (χ2v) is 8.11. The van der Waals surface area contributed by atoms with Crippen molar-refractivity contribution in [2.75, 3.05) is 13.1 Å². The molecule has 178 valence electrons. The minimum Gasteiger partial charge on any atom is -0.463 e. The van der Waals surface area contributed by atoms with Gasteiger partial charge >= 0.3 is 17.9 Å². The number of ether oxygens (including phenoxy) is 3. The van der Waals surface area contributed by atoms with E-state index >= 15 is 0 Å². The first-order valence-corrected chi connectivity index (χ1v) is 9.94.